The van der Waals surface area contributed by atoms with E-state index in [0.717, 1.165) is 6.92 Å². The minimum Gasteiger partial charge on any atom is -0.481 e. The number of carboxylic acids is 2. The molecule has 1 atom stereocenters. The summed E-state index contributed by atoms with van der Waals surface area (Å²) < 4.78 is 0. The van der Waals surface area contributed by atoms with Crippen LogP contribution in [0.1, 0.15) is 13.3 Å². The molecule has 0 saturated heterocycles. The monoisotopic (exact) mass is 192 g/mol. The molecule has 74 valence electrons. The van der Waals surface area contributed by atoms with E-state index in [1.807, 2.05) is 0 Å². The van der Waals surface area contributed by atoms with Crippen LogP contribution in [0.5, 0.6) is 0 Å². The fourth-order valence-electron chi connectivity index (χ4n) is 0.370. The fraction of sp³-hybridized carbons (Fsp3) is 0.500. The molecule has 0 saturated carbocycles. The Labute approximate surface area is 72.6 Å². The maximum absolute atomic E-state index is 10.0. The first-order chi connectivity index (χ1) is 5.77. The number of hydrogen-bond acceptors (Lipinski definition) is 5. The lowest BCUT2D eigenvalue weighted by Crippen LogP contribution is -2.37. The van der Waals surface area contributed by atoms with E-state index in [4.69, 9.17) is 24.9 Å². The molecule has 0 aliphatic carbocycles. The zero-order valence-electron chi connectivity index (χ0n) is 6.68. The van der Waals surface area contributed by atoms with Gasteiger partial charge in [-0.3, -0.25) is 4.79 Å². The topological polar surface area (TPSA) is 129 Å². The minimum atomic E-state index is -2.16. The van der Waals surface area contributed by atoms with Crippen molar-refractivity contribution < 1.29 is 34.5 Å². The van der Waals surface area contributed by atoms with Gasteiger partial charge in [0, 0.05) is 0 Å². The molecule has 0 aromatic rings. The van der Waals surface area contributed by atoms with Crippen molar-refractivity contribution in [3.8, 4) is 0 Å². The van der Waals surface area contributed by atoms with E-state index in [-0.39, 0.29) is 6.15 Å². The van der Waals surface area contributed by atoms with E-state index in [2.05, 4.69) is 0 Å². The summed E-state index contributed by atoms with van der Waals surface area (Å²) in [6.07, 6.45) is -0.539. The lowest BCUT2D eigenvalue weighted by molar-refractivity contribution is -0.191. The number of carbonyl (C=O) groups excluding carboxylic acids is 2. The lowest BCUT2D eigenvalue weighted by atomic mass is 10.0. The van der Waals surface area contributed by atoms with Gasteiger partial charge >= 0.3 is 18.1 Å². The highest BCUT2D eigenvalue weighted by atomic mass is 16.4. The number of hydrogen-bond donors (Lipinski definition) is 3. The highest BCUT2D eigenvalue weighted by Crippen LogP contribution is 2.08. The van der Waals surface area contributed by atoms with Gasteiger partial charge in [-0.05, 0) is 6.92 Å². The molecule has 0 radical (unpaired) electrons. The van der Waals surface area contributed by atoms with E-state index in [1.165, 1.54) is 0 Å². The van der Waals surface area contributed by atoms with Crippen LogP contribution in [-0.4, -0.2) is 39.0 Å². The van der Waals surface area contributed by atoms with Crippen molar-refractivity contribution in [3.63, 3.8) is 0 Å². The Morgan fingerprint density at radius 3 is 1.69 bits per heavy atom. The third kappa shape index (κ3) is 8.18. The lowest BCUT2D eigenvalue weighted by Gasteiger charge is -2.13. The molecule has 0 amide bonds. The molecule has 0 heterocycles. The molecule has 7 heteroatoms. The average molecular weight is 192 g/mol. The Balaban J connectivity index is 0. The van der Waals surface area contributed by atoms with Crippen molar-refractivity contribution >= 4 is 18.1 Å². The summed E-state index contributed by atoms with van der Waals surface area (Å²) in [4.78, 5) is 36.2. The Bertz CT molecular complexity index is 223. The SMILES string of the molecule is CC(O)(CC(=O)O)C(=O)O.O=C=O. The first-order valence-electron chi connectivity index (χ1n) is 2.94. The molecule has 0 aromatic heterocycles. The van der Waals surface area contributed by atoms with Gasteiger partial charge in [-0.1, -0.05) is 0 Å². The van der Waals surface area contributed by atoms with Crippen LogP contribution in [0, 0.1) is 0 Å². The third-order valence-corrected chi connectivity index (χ3v) is 0.956. The molecule has 0 aliphatic heterocycles. The van der Waals surface area contributed by atoms with E-state index < -0.39 is 24.0 Å². The normalized spacial score (nSPS) is 12.8. The molecule has 0 spiro atoms. The molecule has 0 aromatic carbocycles. The van der Waals surface area contributed by atoms with Crippen LogP contribution >= 0.6 is 0 Å². The molecule has 1 unspecified atom stereocenters. The second-order valence-electron chi connectivity index (χ2n) is 2.23. The van der Waals surface area contributed by atoms with E-state index >= 15 is 0 Å². The summed E-state index contributed by atoms with van der Waals surface area (Å²) in [5.74, 6) is -2.87. The number of aliphatic carboxylic acids is 2. The second kappa shape index (κ2) is 5.87. The molecule has 7 nitrogen and oxygen atoms in total. The average Bonchev–Trinajstić information content (AvgIpc) is 1.85. The van der Waals surface area contributed by atoms with Crippen LogP contribution in [0.2, 0.25) is 0 Å². The van der Waals surface area contributed by atoms with Crippen molar-refractivity contribution in [2.45, 2.75) is 18.9 Å². The summed E-state index contributed by atoms with van der Waals surface area (Å²) in [5.41, 5.74) is -2.16. The summed E-state index contributed by atoms with van der Waals surface area (Å²) in [7, 11) is 0. The van der Waals surface area contributed by atoms with Crippen molar-refractivity contribution in [2.24, 2.45) is 0 Å². The summed E-state index contributed by atoms with van der Waals surface area (Å²) in [5, 5.41) is 25.0. The van der Waals surface area contributed by atoms with E-state index in [1.54, 1.807) is 0 Å². The van der Waals surface area contributed by atoms with Crippen LogP contribution in [-0.2, 0) is 19.2 Å². The highest BCUT2D eigenvalue weighted by molar-refractivity contribution is 5.83. The zero-order valence-corrected chi connectivity index (χ0v) is 6.68. The van der Waals surface area contributed by atoms with Gasteiger partial charge in [0.15, 0.2) is 5.60 Å². The quantitative estimate of drug-likeness (QED) is 0.507. The first kappa shape index (κ1) is 13.8. The van der Waals surface area contributed by atoms with E-state index in [0.29, 0.717) is 0 Å². The van der Waals surface area contributed by atoms with Gasteiger partial charge in [0.05, 0.1) is 6.42 Å². The Morgan fingerprint density at radius 1 is 1.31 bits per heavy atom. The summed E-state index contributed by atoms with van der Waals surface area (Å²) in [6, 6.07) is 0. The molecule has 13 heavy (non-hydrogen) atoms. The molecule has 0 bridgehead atoms. The van der Waals surface area contributed by atoms with Gasteiger partial charge in [-0.25, -0.2) is 4.79 Å². The third-order valence-electron chi connectivity index (χ3n) is 0.956. The van der Waals surface area contributed by atoms with Crippen LogP contribution in [0.15, 0.2) is 0 Å². The number of rotatable bonds is 3. The van der Waals surface area contributed by atoms with Gasteiger partial charge in [0.1, 0.15) is 0 Å². The summed E-state index contributed by atoms with van der Waals surface area (Å²) >= 11 is 0. The smallest absolute Gasteiger partial charge is 0.373 e. The van der Waals surface area contributed by atoms with Crippen molar-refractivity contribution in [2.75, 3.05) is 0 Å². The zero-order chi connectivity index (χ0) is 11.1. The molecule has 0 aliphatic rings. The van der Waals surface area contributed by atoms with Gasteiger partial charge in [0.25, 0.3) is 0 Å². The van der Waals surface area contributed by atoms with Crippen molar-refractivity contribution in [1.29, 1.82) is 0 Å². The maximum Gasteiger partial charge on any atom is 0.373 e. The van der Waals surface area contributed by atoms with Crippen molar-refractivity contribution in [3.05, 3.63) is 0 Å². The maximum atomic E-state index is 10.0. The highest BCUT2D eigenvalue weighted by Gasteiger charge is 2.32. The minimum absolute atomic E-state index is 0.250. The van der Waals surface area contributed by atoms with Gasteiger partial charge < -0.3 is 15.3 Å². The predicted molar refractivity (Wildman–Crippen MR) is 35.5 cm³/mol. The van der Waals surface area contributed by atoms with E-state index in [9.17, 15) is 9.59 Å². The second-order valence-corrected chi connectivity index (χ2v) is 2.23. The summed E-state index contributed by atoms with van der Waals surface area (Å²) in [6.45, 7) is 0.934. The van der Waals surface area contributed by atoms with Crippen molar-refractivity contribution in [1.82, 2.24) is 0 Å². The molecule has 3 N–H and O–H groups in total. The largest absolute Gasteiger partial charge is 0.481 e. The predicted octanol–water partition coefficient (Wildman–Crippen LogP) is -1.29. The first-order valence-corrected chi connectivity index (χ1v) is 2.94. The Kier molecular flexibility index (Phi) is 6.25. The van der Waals surface area contributed by atoms with Gasteiger partial charge in [-0.15, -0.1) is 0 Å². The van der Waals surface area contributed by atoms with Crippen LogP contribution in [0.25, 0.3) is 0 Å². The molecule has 0 fully saturated rings. The van der Waals surface area contributed by atoms with Gasteiger partial charge in [-0.2, -0.15) is 9.59 Å². The molecular formula is C6H8O7. The Morgan fingerprint density at radius 2 is 1.62 bits per heavy atom. The number of carboxylic acid groups (broad SMARTS) is 2. The van der Waals surface area contributed by atoms with Gasteiger partial charge in [0.2, 0.25) is 0 Å². The Hall–Kier alpha value is -1.72. The number of carbonyl (C=O) groups is 2. The molecular weight excluding hydrogens is 184 g/mol. The van der Waals surface area contributed by atoms with Crippen LogP contribution in [0.4, 0.5) is 0 Å². The standard InChI is InChI=1S/C5H8O5.CO2/c1-5(10,4(8)9)2-3(6)7;2-1-3/h10H,2H2,1H3,(H,6,7)(H,8,9);. The molecule has 0 rings (SSSR count). The van der Waals surface area contributed by atoms with Crippen LogP contribution in [0.3, 0.4) is 0 Å². The number of aliphatic hydroxyl groups is 1. The fourth-order valence-corrected chi connectivity index (χ4v) is 0.370. The van der Waals surface area contributed by atoms with Crippen LogP contribution < -0.4 is 0 Å².